The maximum absolute atomic E-state index is 16.0. The van der Waals surface area contributed by atoms with Gasteiger partial charge in [0.2, 0.25) is 0 Å². The second-order valence-electron chi connectivity index (χ2n) is 12.4. The van der Waals surface area contributed by atoms with Gasteiger partial charge in [-0.3, -0.25) is 0 Å². The van der Waals surface area contributed by atoms with E-state index < -0.39 is 11.6 Å². The predicted octanol–water partition coefficient (Wildman–Crippen LogP) is 11.4. The number of nitrogens with zero attached hydrogens (tertiary/aromatic N) is 4. The van der Waals surface area contributed by atoms with E-state index in [2.05, 4.69) is 12.1 Å². The van der Waals surface area contributed by atoms with Gasteiger partial charge >= 0.3 is 21.1 Å². The Bertz CT molecular complexity index is 2370. The van der Waals surface area contributed by atoms with Gasteiger partial charge in [0.05, 0.1) is 0 Å². The van der Waals surface area contributed by atoms with Crippen LogP contribution in [0.15, 0.2) is 146 Å². The summed E-state index contributed by atoms with van der Waals surface area (Å²) in [5.41, 5.74) is 6.76. The molecule has 0 N–H and O–H groups in total. The first-order valence-electron chi connectivity index (χ1n) is 16.9. The number of rotatable bonds is 4. The molecule has 1 aromatic heterocycles. The molecule has 0 unspecified atom stereocenters. The van der Waals surface area contributed by atoms with Crippen LogP contribution in [0.2, 0.25) is 0 Å². The van der Waals surface area contributed by atoms with Crippen LogP contribution >= 0.6 is 0 Å². The zero-order valence-electron chi connectivity index (χ0n) is 28.0. The molecular weight excluding hydrogens is 842 g/mol. The van der Waals surface area contributed by atoms with Crippen molar-refractivity contribution >= 4 is 46.1 Å². The first kappa shape index (κ1) is 33.9. The number of benzene rings is 6. The van der Waals surface area contributed by atoms with E-state index in [9.17, 15) is 0 Å². The Labute approximate surface area is 319 Å². The standard InChI is InChI=1S/C46H28F2N4.Pt/c47-35-25-33-27-39(29-35)51(37-17-9-3-10-18-37)44-24-22-42(50-44)46(32-15-7-2-8-16-32)34-26-36(48)30-40(28-34)52(38-19-11-4-12-20-38)43-23-21-41(49-43)45(33)31-13-5-1-6-14-31;/h1-26,29-30H;/q-2;+2. The Balaban J connectivity index is 0.00000400. The van der Waals surface area contributed by atoms with Crippen molar-refractivity contribution in [2.24, 2.45) is 0 Å². The summed E-state index contributed by atoms with van der Waals surface area (Å²) in [7, 11) is 0. The van der Waals surface area contributed by atoms with Gasteiger partial charge in [-0.2, -0.15) is 0 Å². The van der Waals surface area contributed by atoms with E-state index in [-0.39, 0.29) is 21.1 Å². The zero-order chi connectivity index (χ0) is 35.0. The third-order valence-electron chi connectivity index (χ3n) is 9.03. The van der Waals surface area contributed by atoms with Crippen LogP contribution in [0.1, 0.15) is 23.0 Å². The van der Waals surface area contributed by atoms with Gasteiger partial charge in [0.15, 0.2) is 0 Å². The number of halogens is 2. The number of para-hydroxylation sites is 2. The summed E-state index contributed by atoms with van der Waals surface area (Å²) in [6, 6.07) is 51.9. The molecule has 9 rings (SSSR count). The Morgan fingerprint density at radius 2 is 0.792 bits per heavy atom. The van der Waals surface area contributed by atoms with Gasteiger partial charge < -0.3 is 9.13 Å². The van der Waals surface area contributed by atoms with Crippen molar-refractivity contribution in [1.82, 2.24) is 19.1 Å². The molecule has 0 spiro atoms. The average Bonchev–Trinajstić information content (AvgIpc) is 3.84. The van der Waals surface area contributed by atoms with Crippen molar-refractivity contribution in [1.29, 1.82) is 0 Å². The largest absolute Gasteiger partial charge is 2.00 e. The summed E-state index contributed by atoms with van der Waals surface area (Å²) < 4.78 is 35.8. The minimum Gasteiger partial charge on any atom is -0.313 e. The van der Waals surface area contributed by atoms with E-state index in [1.165, 1.54) is 24.3 Å². The molecule has 256 valence electrons. The minimum atomic E-state index is -0.430. The maximum atomic E-state index is 16.0. The van der Waals surface area contributed by atoms with Crippen LogP contribution in [-0.2, 0) is 21.1 Å². The Morgan fingerprint density at radius 1 is 0.434 bits per heavy atom. The van der Waals surface area contributed by atoms with Gasteiger partial charge in [0, 0.05) is 34.4 Å². The van der Waals surface area contributed by atoms with E-state index in [1.54, 1.807) is 0 Å². The fourth-order valence-electron chi connectivity index (χ4n) is 6.82. The number of fused-ring (bicyclic) bond motifs is 8. The minimum absolute atomic E-state index is 0. The smallest absolute Gasteiger partial charge is 0.313 e. The van der Waals surface area contributed by atoms with Crippen molar-refractivity contribution < 1.29 is 29.8 Å². The van der Waals surface area contributed by atoms with Gasteiger partial charge in [-0.25, -0.2) is 18.7 Å². The van der Waals surface area contributed by atoms with Crippen molar-refractivity contribution in [3.63, 3.8) is 0 Å². The van der Waals surface area contributed by atoms with Gasteiger partial charge in [-0.05, 0) is 59.6 Å². The number of hydrogen-bond acceptors (Lipinski definition) is 2. The summed E-state index contributed by atoms with van der Waals surface area (Å²) >= 11 is 0. The monoisotopic (exact) mass is 869 g/mol. The summed E-state index contributed by atoms with van der Waals surface area (Å²) in [6.07, 6.45) is 7.60. The Morgan fingerprint density at radius 3 is 1.17 bits per heavy atom. The normalized spacial score (nSPS) is 11.7. The molecule has 0 amide bonds. The van der Waals surface area contributed by atoms with Crippen molar-refractivity contribution in [2.75, 3.05) is 0 Å². The summed E-state index contributed by atoms with van der Waals surface area (Å²) in [5, 5.41) is 1.04. The molecule has 0 aliphatic carbocycles. The molecule has 0 saturated carbocycles. The molecule has 2 aliphatic heterocycles. The first-order valence-corrected chi connectivity index (χ1v) is 16.9. The fourth-order valence-corrected chi connectivity index (χ4v) is 6.82. The van der Waals surface area contributed by atoms with Crippen LogP contribution < -0.4 is 0 Å². The Kier molecular flexibility index (Phi) is 9.22. The Hall–Kier alpha value is -6.23. The molecule has 6 aromatic carbocycles. The van der Waals surface area contributed by atoms with Crippen LogP contribution in [0.3, 0.4) is 0 Å². The molecule has 3 heterocycles. The van der Waals surface area contributed by atoms with Crippen LogP contribution in [0.25, 0.3) is 79.7 Å². The molecule has 7 aromatic rings. The SMILES string of the molecule is Fc1cc2[c-]c(c1)n(-c1ccccc1)c1nc(c(-c3ccccc3)c3[c-]c(cc(F)c3)n(-c3ccccc3)c3nc(c2-c2ccccc2)C=C3)C=C1.[Pt+2]. The first-order chi connectivity index (χ1) is 25.6. The van der Waals surface area contributed by atoms with Crippen LogP contribution in [0.5, 0.6) is 0 Å². The van der Waals surface area contributed by atoms with E-state index >= 15 is 8.78 Å². The predicted molar refractivity (Wildman–Crippen MR) is 206 cm³/mol. The van der Waals surface area contributed by atoms with Gasteiger partial charge in [-0.15, -0.1) is 35.0 Å². The molecule has 53 heavy (non-hydrogen) atoms. The van der Waals surface area contributed by atoms with Crippen molar-refractivity contribution in [3.05, 3.63) is 192 Å². The molecule has 2 aliphatic rings. The van der Waals surface area contributed by atoms with Crippen molar-refractivity contribution in [3.8, 4) is 33.6 Å². The molecule has 0 fully saturated rings. The summed E-state index contributed by atoms with van der Waals surface area (Å²) in [5.74, 6) is 0.236. The summed E-state index contributed by atoms with van der Waals surface area (Å²) in [4.78, 5) is 10.3. The third kappa shape index (κ3) is 6.54. The van der Waals surface area contributed by atoms with Crippen molar-refractivity contribution in [2.45, 2.75) is 0 Å². The van der Waals surface area contributed by atoms with E-state index in [1.807, 2.05) is 155 Å². The van der Waals surface area contributed by atoms with Gasteiger partial charge in [-0.1, -0.05) is 131 Å². The molecule has 0 radical (unpaired) electrons. The molecular formula is C46H28F2N4Pt. The maximum Gasteiger partial charge on any atom is 2.00 e. The molecule has 7 heteroatoms. The second-order valence-corrected chi connectivity index (χ2v) is 12.4. The second kappa shape index (κ2) is 14.4. The van der Waals surface area contributed by atoms with E-state index in [0.29, 0.717) is 56.0 Å². The average molecular weight is 870 g/mol. The third-order valence-corrected chi connectivity index (χ3v) is 9.03. The van der Waals surface area contributed by atoms with Crippen LogP contribution in [0.4, 0.5) is 8.78 Å². The topological polar surface area (TPSA) is 35.6 Å². The summed E-state index contributed by atoms with van der Waals surface area (Å²) in [6.45, 7) is 0. The zero-order valence-corrected chi connectivity index (χ0v) is 30.3. The van der Waals surface area contributed by atoms with Gasteiger partial charge in [0.1, 0.15) is 11.6 Å². The van der Waals surface area contributed by atoms with Gasteiger partial charge in [0.25, 0.3) is 0 Å². The quantitative estimate of drug-likeness (QED) is 0.165. The molecule has 4 nitrogen and oxygen atoms in total. The number of aromatic nitrogens is 4. The van der Waals surface area contributed by atoms with E-state index in [0.717, 1.165) is 22.5 Å². The van der Waals surface area contributed by atoms with Crippen LogP contribution in [-0.4, -0.2) is 19.1 Å². The van der Waals surface area contributed by atoms with Crippen LogP contribution in [0, 0.1) is 23.8 Å². The van der Waals surface area contributed by atoms with E-state index in [4.69, 9.17) is 9.97 Å². The fraction of sp³-hybridized carbons (Fsp3) is 0. The molecule has 0 saturated heterocycles. The number of hydrogen-bond donors (Lipinski definition) is 0. The molecule has 8 bridgehead atoms. The molecule has 0 atom stereocenters.